The van der Waals surface area contributed by atoms with Crippen LogP contribution in [0.5, 0.6) is 0 Å². The van der Waals surface area contributed by atoms with E-state index in [1.54, 1.807) is 26.0 Å². The number of aryl methyl sites for hydroxylation is 1. The van der Waals surface area contributed by atoms with Crippen molar-refractivity contribution in [2.45, 2.75) is 23.8 Å². The van der Waals surface area contributed by atoms with Gasteiger partial charge in [-0.15, -0.1) is 11.3 Å². The number of rotatable bonds is 8. The minimum Gasteiger partial charge on any atom is -0.462 e. The number of ether oxygens (including phenoxy) is 1. The van der Waals surface area contributed by atoms with Gasteiger partial charge in [0.25, 0.3) is 0 Å². The second-order valence-corrected chi connectivity index (χ2v) is 11.2. The number of thioether (sulfide) groups is 1. The van der Waals surface area contributed by atoms with Crippen molar-refractivity contribution >= 4 is 50.0 Å². The van der Waals surface area contributed by atoms with Crippen molar-refractivity contribution in [3.8, 4) is 0 Å². The molecule has 0 radical (unpaired) electrons. The first-order valence-electron chi connectivity index (χ1n) is 10.1. The number of nitrogens with one attached hydrogen (secondary N) is 1. The minimum atomic E-state index is -3.57. The number of likely N-dealkylation sites (N-methyl/N-ethyl adjacent to an activating group) is 1. The number of pyridine rings is 1. The van der Waals surface area contributed by atoms with E-state index in [1.807, 2.05) is 7.05 Å². The molecule has 0 aromatic carbocycles. The molecule has 12 heteroatoms. The smallest absolute Gasteiger partial charge is 0.348 e. The lowest BCUT2D eigenvalue weighted by atomic mass is 10.3. The van der Waals surface area contributed by atoms with Crippen LogP contribution in [0.3, 0.4) is 0 Å². The molecule has 174 valence electrons. The minimum absolute atomic E-state index is 0.100. The number of sulfonamides is 1. The summed E-state index contributed by atoms with van der Waals surface area (Å²) in [5, 5.41) is 3.88. The molecular formula is C20H26N4O5S3. The van der Waals surface area contributed by atoms with E-state index in [0.717, 1.165) is 5.56 Å². The van der Waals surface area contributed by atoms with E-state index >= 15 is 0 Å². The Kier molecular flexibility index (Phi) is 8.28. The van der Waals surface area contributed by atoms with Gasteiger partial charge in [0.2, 0.25) is 15.9 Å². The first-order valence-corrected chi connectivity index (χ1v) is 13.3. The van der Waals surface area contributed by atoms with Gasteiger partial charge in [0.1, 0.15) is 9.77 Å². The lowest BCUT2D eigenvalue weighted by molar-refractivity contribution is -0.113. The number of amides is 1. The maximum Gasteiger partial charge on any atom is 0.348 e. The predicted molar refractivity (Wildman–Crippen MR) is 125 cm³/mol. The molecule has 1 N–H and O–H groups in total. The summed E-state index contributed by atoms with van der Waals surface area (Å²) >= 11 is 2.37. The molecule has 9 nitrogen and oxygen atoms in total. The average Bonchev–Trinajstić information content (AvgIpc) is 3.13. The molecule has 0 saturated carbocycles. The van der Waals surface area contributed by atoms with E-state index in [-0.39, 0.29) is 23.2 Å². The van der Waals surface area contributed by atoms with E-state index in [1.165, 1.54) is 39.7 Å². The van der Waals surface area contributed by atoms with Gasteiger partial charge in [-0.2, -0.15) is 4.31 Å². The van der Waals surface area contributed by atoms with E-state index in [0.29, 0.717) is 41.1 Å². The molecule has 3 heterocycles. The molecule has 2 aromatic rings. The summed E-state index contributed by atoms with van der Waals surface area (Å²) in [6.45, 7) is 6.11. The summed E-state index contributed by atoms with van der Waals surface area (Å²) in [5.74, 6) is -0.549. The van der Waals surface area contributed by atoms with Crippen LogP contribution in [0.25, 0.3) is 0 Å². The Hall–Kier alpha value is -1.99. The molecule has 0 bridgehead atoms. The zero-order valence-electron chi connectivity index (χ0n) is 18.2. The summed E-state index contributed by atoms with van der Waals surface area (Å²) < 4.78 is 32.0. The molecule has 1 fully saturated rings. The van der Waals surface area contributed by atoms with Crippen molar-refractivity contribution in [2.75, 3.05) is 50.9 Å². The van der Waals surface area contributed by atoms with Gasteiger partial charge in [-0.25, -0.2) is 18.2 Å². The standard InChI is InChI=1S/C20H26N4O5S3/c1-4-29-20(26)19-14(2)11-18(31-19)22-16(25)13-30-17-6-5-15(12-21-17)32(27,28)24-9-7-23(3)8-10-24/h5-6,11-12H,4,7-10,13H2,1-3H3,(H,22,25). The van der Waals surface area contributed by atoms with Crippen molar-refractivity contribution in [1.29, 1.82) is 0 Å². The predicted octanol–water partition coefficient (Wildman–Crippen LogP) is 2.30. The van der Waals surface area contributed by atoms with Gasteiger partial charge >= 0.3 is 5.97 Å². The summed E-state index contributed by atoms with van der Waals surface area (Å²) in [7, 11) is -1.60. The van der Waals surface area contributed by atoms with Crippen LogP contribution in [0.4, 0.5) is 5.00 Å². The Morgan fingerprint density at radius 1 is 1.25 bits per heavy atom. The molecule has 3 rings (SSSR count). The summed E-state index contributed by atoms with van der Waals surface area (Å²) in [5.41, 5.74) is 0.746. The fourth-order valence-electron chi connectivity index (χ4n) is 3.04. The number of thiophene rings is 1. The molecule has 0 unspecified atom stereocenters. The Morgan fingerprint density at radius 2 is 1.97 bits per heavy atom. The number of hydrogen-bond acceptors (Lipinski definition) is 9. The lowest BCUT2D eigenvalue weighted by Gasteiger charge is -2.31. The van der Waals surface area contributed by atoms with Crippen LogP contribution in [0.2, 0.25) is 0 Å². The Balaban J connectivity index is 1.54. The number of esters is 1. The van der Waals surface area contributed by atoms with Crippen LogP contribution in [0.1, 0.15) is 22.2 Å². The van der Waals surface area contributed by atoms with Gasteiger partial charge in [0, 0.05) is 32.4 Å². The summed E-state index contributed by atoms with van der Waals surface area (Å²) in [6, 6.07) is 4.86. The number of aromatic nitrogens is 1. The molecule has 1 saturated heterocycles. The number of hydrogen-bond donors (Lipinski definition) is 1. The van der Waals surface area contributed by atoms with Gasteiger partial charge in [-0.3, -0.25) is 4.79 Å². The first kappa shape index (κ1) is 24.6. The Bertz CT molecular complexity index is 1060. The highest BCUT2D eigenvalue weighted by atomic mass is 32.2. The van der Waals surface area contributed by atoms with Gasteiger partial charge in [0.15, 0.2) is 0 Å². The van der Waals surface area contributed by atoms with Crippen molar-refractivity contribution in [1.82, 2.24) is 14.2 Å². The third-order valence-electron chi connectivity index (χ3n) is 4.80. The quantitative estimate of drug-likeness (QED) is 0.436. The maximum absolute atomic E-state index is 12.8. The Morgan fingerprint density at radius 3 is 2.59 bits per heavy atom. The average molecular weight is 499 g/mol. The lowest BCUT2D eigenvalue weighted by Crippen LogP contribution is -2.47. The highest BCUT2D eigenvalue weighted by molar-refractivity contribution is 7.99. The molecule has 0 aliphatic carbocycles. The van der Waals surface area contributed by atoms with Crippen LogP contribution in [-0.2, 0) is 19.6 Å². The molecule has 0 atom stereocenters. The summed E-state index contributed by atoms with van der Waals surface area (Å²) in [4.78, 5) is 31.1. The molecule has 1 amide bonds. The number of nitrogens with zero attached hydrogens (tertiary/aromatic N) is 3. The normalized spacial score (nSPS) is 15.5. The van der Waals surface area contributed by atoms with E-state index in [2.05, 4.69) is 15.2 Å². The fourth-order valence-corrected chi connectivity index (χ4v) is 6.03. The third-order valence-corrected chi connectivity index (χ3v) is 8.76. The van der Waals surface area contributed by atoms with Crippen LogP contribution >= 0.6 is 23.1 Å². The first-order chi connectivity index (χ1) is 15.2. The van der Waals surface area contributed by atoms with Crippen LogP contribution in [-0.4, -0.2) is 80.1 Å². The van der Waals surface area contributed by atoms with Gasteiger partial charge in [0.05, 0.1) is 22.4 Å². The summed E-state index contributed by atoms with van der Waals surface area (Å²) in [6.07, 6.45) is 1.34. The molecular weight excluding hydrogens is 472 g/mol. The van der Waals surface area contributed by atoms with Crippen molar-refractivity contribution in [3.63, 3.8) is 0 Å². The van der Waals surface area contributed by atoms with Gasteiger partial charge in [-0.05, 0) is 44.7 Å². The van der Waals surface area contributed by atoms with Crippen LogP contribution in [0.15, 0.2) is 34.3 Å². The maximum atomic E-state index is 12.8. The van der Waals surface area contributed by atoms with E-state index in [4.69, 9.17) is 4.74 Å². The number of anilines is 1. The van der Waals surface area contributed by atoms with Crippen molar-refractivity contribution in [2.24, 2.45) is 0 Å². The highest BCUT2D eigenvalue weighted by Gasteiger charge is 2.27. The van der Waals surface area contributed by atoms with Crippen LogP contribution in [0, 0.1) is 6.92 Å². The SMILES string of the molecule is CCOC(=O)c1sc(NC(=O)CSc2ccc(S(=O)(=O)N3CCN(C)CC3)cn2)cc1C. The zero-order valence-corrected chi connectivity index (χ0v) is 20.6. The monoisotopic (exact) mass is 498 g/mol. The Labute approximate surface area is 196 Å². The third kappa shape index (κ3) is 6.07. The molecule has 32 heavy (non-hydrogen) atoms. The van der Waals surface area contributed by atoms with Gasteiger partial charge in [-0.1, -0.05) is 11.8 Å². The topological polar surface area (TPSA) is 109 Å². The fraction of sp³-hybridized carbons (Fsp3) is 0.450. The zero-order chi connectivity index (χ0) is 23.3. The second kappa shape index (κ2) is 10.8. The second-order valence-electron chi connectivity index (χ2n) is 7.22. The molecule has 2 aromatic heterocycles. The van der Waals surface area contributed by atoms with Crippen molar-refractivity contribution < 1.29 is 22.7 Å². The number of carbonyl (C=O) groups is 2. The van der Waals surface area contributed by atoms with Crippen molar-refractivity contribution in [3.05, 3.63) is 34.8 Å². The number of piperazine rings is 1. The molecule has 1 aliphatic rings. The largest absolute Gasteiger partial charge is 0.462 e. The van der Waals surface area contributed by atoms with Gasteiger partial charge < -0.3 is 15.0 Å². The number of carbonyl (C=O) groups excluding carboxylic acids is 2. The van der Waals surface area contributed by atoms with E-state index < -0.39 is 16.0 Å². The van der Waals surface area contributed by atoms with E-state index in [9.17, 15) is 18.0 Å². The molecule has 1 aliphatic heterocycles. The molecule has 0 spiro atoms. The van der Waals surface area contributed by atoms with Crippen LogP contribution < -0.4 is 5.32 Å². The highest BCUT2D eigenvalue weighted by Crippen LogP contribution is 2.28.